The molecule has 25 heavy (non-hydrogen) atoms. The summed E-state index contributed by atoms with van der Waals surface area (Å²) in [6, 6.07) is 8.28. The van der Waals surface area contributed by atoms with Crippen molar-refractivity contribution >= 4 is 11.7 Å². The number of rotatable bonds is 5. The van der Waals surface area contributed by atoms with Crippen LogP contribution in [0.25, 0.3) is 0 Å². The fraction of sp³-hybridized carbons (Fsp3) is 0.474. The monoisotopic (exact) mass is 341 g/mol. The molecule has 134 valence electrons. The average Bonchev–Trinajstić information content (AvgIpc) is 2.95. The highest BCUT2D eigenvalue weighted by atomic mass is 16.2. The zero-order valence-corrected chi connectivity index (χ0v) is 15.2. The fourth-order valence-corrected chi connectivity index (χ4v) is 3.29. The molecular formula is C19H27N5O. The number of aryl methyl sites for hydroxylation is 1. The molecule has 0 spiro atoms. The van der Waals surface area contributed by atoms with Crippen LogP contribution in [0.5, 0.6) is 0 Å². The van der Waals surface area contributed by atoms with E-state index in [9.17, 15) is 4.79 Å². The number of anilines is 1. The molecule has 1 aliphatic rings. The predicted molar refractivity (Wildman–Crippen MR) is 99.5 cm³/mol. The SMILES string of the molecule is CC(C)NC(=O)Nc1ccc(CNC2CCCc3c2cnn3C)cc1. The summed E-state index contributed by atoms with van der Waals surface area (Å²) in [5.41, 5.74) is 4.68. The van der Waals surface area contributed by atoms with E-state index in [0.29, 0.717) is 6.04 Å². The lowest BCUT2D eigenvalue weighted by atomic mass is 9.93. The summed E-state index contributed by atoms with van der Waals surface area (Å²) in [5.74, 6) is 0. The molecule has 2 amide bonds. The van der Waals surface area contributed by atoms with Crippen molar-refractivity contribution in [3.05, 3.63) is 47.3 Å². The molecule has 0 radical (unpaired) electrons. The Bertz CT molecular complexity index is 720. The number of hydrogen-bond acceptors (Lipinski definition) is 3. The number of carbonyl (C=O) groups is 1. The van der Waals surface area contributed by atoms with Crippen molar-refractivity contribution in [2.75, 3.05) is 5.32 Å². The lowest BCUT2D eigenvalue weighted by molar-refractivity contribution is 0.250. The predicted octanol–water partition coefficient (Wildman–Crippen LogP) is 3.12. The van der Waals surface area contributed by atoms with Crippen LogP contribution in [0.2, 0.25) is 0 Å². The van der Waals surface area contributed by atoms with Gasteiger partial charge in [-0.15, -0.1) is 0 Å². The molecule has 3 N–H and O–H groups in total. The van der Waals surface area contributed by atoms with E-state index in [1.54, 1.807) is 0 Å². The largest absolute Gasteiger partial charge is 0.336 e. The Kier molecular flexibility index (Phi) is 5.38. The Hall–Kier alpha value is -2.34. The standard InChI is InChI=1S/C19H27N5O/c1-13(2)22-19(25)23-15-9-7-14(8-10-15)11-20-17-5-4-6-18-16(17)12-21-24(18)3/h7-10,12-13,17,20H,4-6,11H2,1-3H3,(H2,22,23,25). The number of nitrogens with one attached hydrogen (secondary N) is 3. The second kappa shape index (κ2) is 7.70. The van der Waals surface area contributed by atoms with Gasteiger partial charge in [0, 0.05) is 42.6 Å². The van der Waals surface area contributed by atoms with E-state index in [2.05, 4.69) is 21.0 Å². The number of fused-ring (bicyclic) bond motifs is 1. The van der Waals surface area contributed by atoms with Gasteiger partial charge in [-0.05, 0) is 50.8 Å². The number of hydrogen-bond donors (Lipinski definition) is 3. The van der Waals surface area contributed by atoms with Gasteiger partial charge in [0.25, 0.3) is 0 Å². The van der Waals surface area contributed by atoms with Gasteiger partial charge in [0.05, 0.1) is 6.20 Å². The number of aromatic nitrogens is 2. The Morgan fingerprint density at radius 1 is 1.32 bits per heavy atom. The number of benzene rings is 1. The van der Waals surface area contributed by atoms with Crippen molar-refractivity contribution < 1.29 is 4.79 Å². The summed E-state index contributed by atoms with van der Waals surface area (Å²) in [6.45, 7) is 4.68. The van der Waals surface area contributed by atoms with Gasteiger partial charge < -0.3 is 16.0 Å². The topological polar surface area (TPSA) is 71.0 Å². The van der Waals surface area contributed by atoms with E-state index in [1.807, 2.05) is 56.0 Å². The third-order valence-corrected chi connectivity index (χ3v) is 4.56. The molecule has 3 rings (SSSR count). The normalized spacial score (nSPS) is 16.6. The molecule has 0 fully saturated rings. The van der Waals surface area contributed by atoms with Crippen LogP contribution in [0.15, 0.2) is 30.5 Å². The first-order valence-corrected chi connectivity index (χ1v) is 8.93. The van der Waals surface area contributed by atoms with Crippen LogP contribution in [0.1, 0.15) is 49.6 Å². The van der Waals surface area contributed by atoms with Crippen LogP contribution in [0.3, 0.4) is 0 Å². The zero-order chi connectivity index (χ0) is 17.8. The summed E-state index contributed by atoms with van der Waals surface area (Å²) >= 11 is 0. The maximum atomic E-state index is 11.7. The minimum absolute atomic E-state index is 0.122. The third kappa shape index (κ3) is 4.39. The van der Waals surface area contributed by atoms with Gasteiger partial charge in [0.15, 0.2) is 0 Å². The van der Waals surface area contributed by atoms with E-state index in [-0.39, 0.29) is 12.1 Å². The molecule has 1 heterocycles. The summed E-state index contributed by atoms with van der Waals surface area (Å²) in [5, 5.41) is 13.7. The van der Waals surface area contributed by atoms with Crippen LogP contribution in [-0.4, -0.2) is 21.9 Å². The Morgan fingerprint density at radius 2 is 2.08 bits per heavy atom. The molecule has 6 nitrogen and oxygen atoms in total. The quantitative estimate of drug-likeness (QED) is 0.782. The van der Waals surface area contributed by atoms with Crippen LogP contribution in [0, 0.1) is 0 Å². The van der Waals surface area contributed by atoms with Crippen molar-refractivity contribution in [1.29, 1.82) is 0 Å². The second-order valence-corrected chi connectivity index (χ2v) is 6.95. The smallest absolute Gasteiger partial charge is 0.319 e. The van der Waals surface area contributed by atoms with Gasteiger partial charge in [-0.2, -0.15) is 5.10 Å². The maximum absolute atomic E-state index is 11.7. The Labute approximate surface area is 149 Å². The van der Waals surface area contributed by atoms with Crippen LogP contribution < -0.4 is 16.0 Å². The molecule has 1 unspecified atom stereocenters. The number of nitrogens with zero attached hydrogens (tertiary/aromatic N) is 2. The minimum Gasteiger partial charge on any atom is -0.336 e. The lowest BCUT2D eigenvalue weighted by Gasteiger charge is -2.24. The van der Waals surface area contributed by atoms with E-state index in [0.717, 1.165) is 25.1 Å². The number of amides is 2. The molecule has 1 aromatic carbocycles. The lowest BCUT2D eigenvalue weighted by Crippen LogP contribution is -2.34. The van der Waals surface area contributed by atoms with Crippen molar-refractivity contribution in [1.82, 2.24) is 20.4 Å². The molecule has 1 atom stereocenters. The fourth-order valence-electron chi connectivity index (χ4n) is 3.29. The molecule has 1 aromatic heterocycles. The highest BCUT2D eigenvalue weighted by molar-refractivity contribution is 5.89. The van der Waals surface area contributed by atoms with Gasteiger partial charge >= 0.3 is 6.03 Å². The molecular weight excluding hydrogens is 314 g/mol. The number of urea groups is 1. The van der Waals surface area contributed by atoms with Gasteiger partial charge in [0.2, 0.25) is 0 Å². The molecule has 6 heteroatoms. The molecule has 2 aromatic rings. The summed E-state index contributed by atoms with van der Waals surface area (Å²) < 4.78 is 1.99. The van der Waals surface area contributed by atoms with Crippen molar-refractivity contribution in [2.45, 2.75) is 51.7 Å². The van der Waals surface area contributed by atoms with E-state index < -0.39 is 0 Å². The average molecular weight is 341 g/mol. The van der Waals surface area contributed by atoms with Crippen molar-refractivity contribution in [3.8, 4) is 0 Å². The molecule has 0 bridgehead atoms. The van der Waals surface area contributed by atoms with Gasteiger partial charge in [-0.3, -0.25) is 4.68 Å². The molecule has 0 aliphatic heterocycles. The van der Waals surface area contributed by atoms with E-state index >= 15 is 0 Å². The first kappa shape index (κ1) is 17.5. The summed E-state index contributed by atoms with van der Waals surface area (Å²) in [4.78, 5) is 11.7. The summed E-state index contributed by atoms with van der Waals surface area (Å²) in [7, 11) is 2.02. The first-order chi connectivity index (χ1) is 12.0. The highest BCUT2D eigenvalue weighted by Crippen LogP contribution is 2.29. The van der Waals surface area contributed by atoms with E-state index in [4.69, 9.17) is 0 Å². The highest BCUT2D eigenvalue weighted by Gasteiger charge is 2.22. The second-order valence-electron chi connectivity index (χ2n) is 6.95. The first-order valence-electron chi connectivity index (χ1n) is 8.93. The van der Waals surface area contributed by atoms with Gasteiger partial charge in [-0.1, -0.05) is 12.1 Å². The maximum Gasteiger partial charge on any atom is 0.319 e. The third-order valence-electron chi connectivity index (χ3n) is 4.56. The van der Waals surface area contributed by atoms with Crippen molar-refractivity contribution in [2.24, 2.45) is 7.05 Å². The minimum atomic E-state index is -0.174. The Balaban J connectivity index is 1.55. The molecule has 0 saturated heterocycles. The number of carbonyl (C=O) groups excluding carboxylic acids is 1. The molecule has 1 aliphatic carbocycles. The Morgan fingerprint density at radius 3 is 2.80 bits per heavy atom. The van der Waals surface area contributed by atoms with Crippen LogP contribution in [-0.2, 0) is 20.0 Å². The van der Waals surface area contributed by atoms with Crippen molar-refractivity contribution in [3.63, 3.8) is 0 Å². The van der Waals surface area contributed by atoms with Crippen LogP contribution in [0.4, 0.5) is 10.5 Å². The zero-order valence-electron chi connectivity index (χ0n) is 15.2. The van der Waals surface area contributed by atoms with Gasteiger partial charge in [0.1, 0.15) is 0 Å². The molecule has 0 saturated carbocycles. The van der Waals surface area contributed by atoms with Crippen LogP contribution >= 0.6 is 0 Å². The van der Waals surface area contributed by atoms with E-state index in [1.165, 1.54) is 23.2 Å². The summed E-state index contributed by atoms with van der Waals surface area (Å²) in [6.07, 6.45) is 5.45. The van der Waals surface area contributed by atoms with Gasteiger partial charge in [-0.25, -0.2) is 4.79 Å².